The van der Waals surface area contributed by atoms with Crippen LogP contribution < -0.4 is 10.6 Å². The summed E-state index contributed by atoms with van der Waals surface area (Å²) >= 11 is 0. The van der Waals surface area contributed by atoms with Gasteiger partial charge in [0.1, 0.15) is 0 Å². The first-order valence-corrected chi connectivity index (χ1v) is 8.73. The molecule has 0 bridgehead atoms. The second kappa shape index (κ2) is 6.63. The standard InChI is InChI=1S/C20H19N3O3/c24-18-16-3-1-2-4-17(16)19(25)23(18)12-11-13-5-7-14(8-6-13)21-20(26)22-15-9-10-15/h1-8,15H,9-12H2,(H2,21,22,26). The molecule has 1 aliphatic heterocycles. The molecule has 0 saturated heterocycles. The van der Waals surface area contributed by atoms with Crippen LogP contribution in [-0.4, -0.2) is 35.3 Å². The van der Waals surface area contributed by atoms with Gasteiger partial charge in [0.25, 0.3) is 11.8 Å². The summed E-state index contributed by atoms with van der Waals surface area (Å²) in [5.74, 6) is -0.471. The smallest absolute Gasteiger partial charge is 0.319 e. The van der Waals surface area contributed by atoms with E-state index in [2.05, 4.69) is 10.6 Å². The van der Waals surface area contributed by atoms with Crippen molar-refractivity contribution in [2.45, 2.75) is 25.3 Å². The largest absolute Gasteiger partial charge is 0.335 e. The molecule has 4 amide bonds. The quantitative estimate of drug-likeness (QED) is 0.815. The molecule has 6 heteroatoms. The molecule has 1 aliphatic carbocycles. The number of hydrogen-bond donors (Lipinski definition) is 2. The average Bonchev–Trinajstić information content (AvgIpc) is 3.42. The third kappa shape index (κ3) is 3.31. The first kappa shape index (κ1) is 16.3. The molecule has 1 saturated carbocycles. The Kier molecular flexibility index (Phi) is 4.16. The van der Waals surface area contributed by atoms with Crippen LogP contribution in [0.3, 0.4) is 0 Å². The topological polar surface area (TPSA) is 78.5 Å². The lowest BCUT2D eigenvalue weighted by Gasteiger charge is -2.14. The first-order valence-electron chi connectivity index (χ1n) is 8.73. The van der Waals surface area contributed by atoms with Gasteiger partial charge in [-0.1, -0.05) is 24.3 Å². The summed E-state index contributed by atoms with van der Waals surface area (Å²) in [4.78, 5) is 37.7. The molecule has 4 rings (SSSR count). The highest BCUT2D eigenvalue weighted by atomic mass is 16.2. The Bertz CT molecular complexity index is 837. The van der Waals surface area contributed by atoms with E-state index in [9.17, 15) is 14.4 Å². The normalized spacial score (nSPS) is 15.8. The van der Waals surface area contributed by atoms with Gasteiger partial charge in [-0.25, -0.2) is 4.79 Å². The summed E-state index contributed by atoms with van der Waals surface area (Å²) in [6, 6.07) is 14.5. The highest BCUT2D eigenvalue weighted by Crippen LogP contribution is 2.23. The maximum Gasteiger partial charge on any atom is 0.319 e. The van der Waals surface area contributed by atoms with Crippen LogP contribution in [0.15, 0.2) is 48.5 Å². The zero-order valence-corrected chi connectivity index (χ0v) is 14.2. The van der Waals surface area contributed by atoms with Crippen molar-refractivity contribution in [2.24, 2.45) is 0 Å². The van der Waals surface area contributed by atoms with E-state index in [1.165, 1.54) is 4.90 Å². The van der Waals surface area contributed by atoms with Gasteiger partial charge in [0.05, 0.1) is 11.1 Å². The lowest BCUT2D eigenvalue weighted by Crippen LogP contribution is -2.31. The van der Waals surface area contributed by atoms with Gasteiger partial charge >= 0.3 is 6.03 Å². The van der Waals surface area contributed by atoms with Gasteiger partial charge in [0.2, 0.25) is 0 Å². The second-order valence-electron chi connectivity index (χ2n) is 6.63. The number of benzene rings is 2. The average molecular weight is 349 g/mol. The summed E-state index contributed by atoms with van der Waals surface area (Å²) in [6.07, 6.45) is 2.66. The molecule has 2 N–H and O–H groups in total. The van der Waals surface area contributed by atoms with Crippen molar-refractivity contribution in [3.63, 3.8) is 0 Å². The lowest BCUT2D eigenvalue weighted by molar-refractivity contribution is 0.0656. The number of anilines is 1. The van der Waals surface area contributed by atoms with Crippen LogP contribution in [0.25, 0.3) is 0 Å². The van der Waals surface area contributed by atoms with Crippen molar-refractivity contribution in [3.05, 3.63) is 65.2 Å². The van der Waals surface area contributed by atoms with E-state index < -0.39 is 0 Å². The molecule has 6 nitrogen and oxygen atoms in total. The summed E-state index contributed by atoms with van der Waals surface area (Å²) < 4.78 is 0. The Labute approximate surface area is 151 Å². The van der Waals surface area contributed by atoms with Crippen LogP contribution in [-0.2, 0) is 6.42 Å². The van der Waals surface area contributed by atoms with Crippen molar-refractivity contribution in [1.82, 2.24) is 10.2 Å². The molecule has 1 heterocycles. The van der Waals surface area contributed by atoms with Crippen LogP contribution in [0.5, 0.6) is 0 Å². The molecule has 26 heavy (non-hydrogen) atoms. The maximum atomic E-state index is 12.3. The minimum Gasteiger partial charge on any atom is -0.335 e. The number of rotatable bonds is 5. The summed E-state index contributed by atoms with van der Waals surface area (Å²) in [5, 5.41) is 5.66. The predicted octanol–water partition coefficient (Wildman–Crippen LogP) is 2.81. The molecule has 2 aromatic carbocycles. The maximum absolute atomic E-state index is 12.3. The highest BCUT2D eigenvalue weighted by molar-refractivity contribution is 6.21. The Balaban J connectivity index is 1.34. The Morgan fingerprint density at radius 3 is 2.15 bits per heavy atom. The number of carbonyl (C=O) groups excluding carboxylic acids is 3. The molecule has 0 spiro atoms. The fourth-order valence-corrected chi connectivity index (χ4v) is 3.02. The van der Waals surface area contributed by atoms with E-state index >= 15 is 0 Å². The number of imide groups is 1. The van der Waals surface area contributed by atoms with Crippen molar-refractivity contribution in [1.29, 1.82) is 0 Å². The monoisotopic (exact) mass is 349 g/mol. The number of amides is 4. The van der Waals surface area contributed by atoms with Crippen LogP contribution in [0.1, 0.15) is 39.1 Å². The van der Waals surface area contributed by atoms with E-state index in [1.54, 1.807) is 24.3 Å². The molecule has 0 radical (unpaired) electrons. The van der Waals surface area contributed by atoms with Gasteiger partial charge in [-0.05, 0) is 49.1 Å². The van der Waals surface area contributed by atoms with Crippen molar-refractivity contribution >= 4 is 23.5 Å². The van der Waals surface area contributed by atoms with E-state index in [4.69, 9.17) is 0 Å². The van der Waals surface area contributed by atoms with Gasteiger partial charge in [-0.15, -0.1) is 0 Å². The SMILES string of the molecule is O=C(Nc1ccc(CCN2C(=O)c3ccccc3C2=O)cc1)NC1CC1. The number of carbonyl (C=O) groups is 3. The van der Waals surface area contributed by atoms with Crippen molar-refractivity contribution < 1.29 is 14.4 Å². The van der Waals surface area contributed by atoms with Crippen molar-refractivity contribution in [3.8, 4) is 0 Å². The Hall–Kier alpha value is -3.15. The van der Waals surface area contributed by atoms with E-state index in [-0.39, 0.29) is 17.8 Å². The first-order chi connectivity index (χ1) is 12.6. The van der Waals surface area contributed by atoms with Crippen LogP contribution in [0.4, 0.5) is 10.5 Å². The fraction of sp³-hybridized carbons (Fsp3) is 0.250. The number of nitrogens with one attached hydrogen (secondary N) is 2. The van der Waals surface area contributed by atoms with Gasteiger partial charge in [-0.3, -0.25) is 14.5 Å². The van der Waals surface area contributed by atoms with E-state index in [0.29, 0.717) is 35.8 Å². The van der Waals surface area contributed by atoms with Gasteiger partial charge in [0.15, 0.2) is 0 Å². The van der Waals surface area contributed by atoms with Crippen LogP contribution >= 0.6 is 0 Å². The molecule has 0 unspecified atom stereocenters. The van der Waals surface area contributed by atoms with Crippen molar-refractivity contribution in [2.75, 3.05) is 11.9 Å². The number of urea groups is 1. The molecule has 0 aromatic heterocycles. The molecule has 2 aromatic rings. The van der Waals surface area contributed by atoms with E-state index in [1.807, 2.05) is 24.3 Å². The minimum absolute atomic E-state index is 0.189. The van der Waals surface area contributed by atoms with E-state index in [0.717, 1.165) is 18.4 Å². The minimum atomic E-state index is -0.236. The zero-order valence-electron chi connectivity index (χ0n) is 14.2. The number of nitrogens with zero attached hydrogens (tertiary/aromatic N) is 1. The molecule has 0 atom stereocenters. The summed E-state index contributed by atoms with van der Waals surface area (Å²) in [6.45, 7) is 0.335. The van der Waals surface area contributed by atoms with Gasteiger partial charge in [0, 0.05) is 18.3 Å². The lowest BCUT2D eigenvalue weighted by atomic mass is 10.1. The summed E-state index contributed by atoms with van der Waals surface area (Å²) in [7, 11) is 0. The number of fused-ring (bicyclic) bond motifs is 1. The molecule has 1 fully saturated rings. The number of hydrogen-bond acceptors (Lipinski definition) is 3. The molecular formula is C20H19N3O3. The zero-order chi connectivity index (χ0) is 18.1. The molecular weight excluding hydrogens is 330 g/mol. The second-order valence-corrected chi connectivity index (χ2v) is 6.63. The third-order valence-electron chi connectivity index (χ3n) is 4.63. The highest BCUT2D eigenvalue weighted by Gasteiger charge is 2.34. The van der Waals surface area contributed by atoms with Gasteiger partial charge in [-0.2, -0.15) is 0 Å². The third-order valence-corrected chi connectivity index (χ3v) is 4.63. The van der Waals surface area contributed by atoms with Crippen LogP contribution in [0.2, 0.25) is 0 Å². The predicted molar refractivity (Wildman–Crippen MR) is 97.1 cm³/mol. The van der Waals surface area contributed by atoms with Gasteiger partial charge < -0.3 is 10.6 Å². The molecule has 2 aliphatic rings. The molecule has 132 valence electrons. The summed E-state index contributed by atoms with van der Waals surface area (Å²) in [5.41, 5.74) is 2.65. The Morgan fingerprint density at radius 1 is 0.962 bits per heavy atom. The van der Waals surface area contributed by atoms with Crippen LogP contribution in [0, 0.1) is 0 Å². The Morgan fingerprint density at radius 2 is 1.58 bits per heavy atom. The fourth-order valence-electron chi connectivity index (χ4n) is 3.02.